The van der Waals surface area contributed by atoms with Gasteiger partial charge in [-0.15, -0.1) is 0 Å². The Morgan fingerprint density at radius 2 is 1.83 bits per heavy atom. The molecule has 100 valence electrons. The summed E-state index contributed by atoms with van der Waals surface area (Å²) in [6.45, 7) is 7.69. The Bertz CT molecular complexity index is 390. The van der Waals surface area contributed by atoms with E-state index in [0.717, 1.165) is 29.7 Å². The number of halogens is 1. The predicted octanol–water partition coefficient (Wildman–Crippen LogP) is -0.855. The fourth-order valence-electron chi connectivity index (χ4n) is 2.75. The number of ether oxygens (including phenoxy) is 1. The molecule has 0 N–H and O–H groups in total. The molecule has 0 bridgehead atoms. The molecule has 1 atom stereocenters. The van der Waals surface area contributed by atoms with Crippen LogP contribution < -0.4 is 17.0 Å². The molecule has 0 radical (unpaired) electrons. The molecule has 1 unspecified atom stereocenters. The van der Waals surface area contributed by atoms with Crippen molar-refractivity contribution in [2.24, 2.45) is 0 Å². The van der Waals surface area contributed by atoms with E-state index in [2.05, 4.69) is 13.8 Å². The molecule has 2 rings (SSSR count). The minimum Gasteiger partial charge on any atom is -1.00 e. The number of likely N-dealkylation sites (N-methyl/N-ethyl adjacent to an activating group) is 1. The minimum absolute atomic E-state index is 0. The molecule has 3 nitrogen and oxygen atoms in total. The monoisotopic (exact) mass is 313 g/mol. The smallest absolute Gasteiger partial charge is 0.370 e. The molecule has 1 fully saturated rings. The van der Waals surface area contributed by atoms with Gasteiger partial charge in [0.1, 0.15) is 13.2 Å². The first-order valence-electron chi connectivity index (χ1n) is 6.31. The van der Waals surface area contributed by atoms with Gasteiger partial charge in [0.15, 0.2) is 0 Å². The molecule has 1 aromatic carbocycles. The number of quaternary nitrogens is 1. The van der Waals surface area contributed by atoms with Crippen LogP contribution in [0.1, 0.15) is 25.5 Å². The van der Waals surface area contributed by atoms with Crippen molar-refractivity contribution < 1.29 is 31.0 Å². The Labute approximate surface area is 119 Å². The lowest BCUT2D eigenvalue weighted by Crippen LogP contribution is -3.00. The number of esters is 1. The second kappa shape index (κ2) is 6.34. The maximum absolute atomic E-state index is 12.1. The Hall–Kier alpha value is -0.870. The highest BCUT2D eigenvalue weighted by Gasteiger charge is 2.45. The van der Waals surface area contributed by atoms with Crippen LogP contribution in [-0.2, 0) is 9.53 Å². The van der Waals surface area contributed by atoms with E-state index in [4.69, 9.17) is 4.74 Å². The Kier molecular flexibility index (Phi) is 5.35. The van der Waals surface area contributed by atoms with Gasteiger partial charge in [-0.3, -0.25) is 0 Å². The number of carbonyl (C=O) groups excluding carboxylic acids is 1. The first kappa shape index (κ1) is 15.2. The average Bonchev–Trinajstić information content (AvgIpc) is 2.39. The van der Waals surface area contributed by atoms with Gasteiger partial charge in [0.05, 0.1) is 13.1 Å². The normalized spacial score (nSPS) is 21.9. The van der Waals surface area contributed by atoms with Crippen LogP contribution in [0.5, 0.6) is 0 Å². The zero-order chi connectivity index (χ0) is 12.3. The van der Waals surface area contributed by atoms with Gasteiger partial charge in [-0.1, -0.05) is 30.3 Å². The van der Waals surface area contributed by atoms with Crippen LogP contribution in [0, 0.1) is 0 Å². The maximum atomic E-state index is 12.1. The first-order valence-corrected chi connectivity index (χ1v) is 6.31. The minimum atomic E-state index is -0.153. The number of hydrogen-bond acceptors (Lipinski definition) is 2. The second-order valence-corrected chi connectivity index (χ2v) is 4.56. The van der Waals surface area contributed by atoms with Crippen LogP contribution >= 0.6 is 0 Å². The quantitative estimate of drug-likeness (QED) is 0.536. The van der Waals surface area contributed by atoms with Crippen molar-refractivity contribution in [2.75, 3.05) is 26.2 Å². The van der Waals surface area contributed by atoms with Crippen molar-refractivity contribution >= 4 is 5.97 Å². The fourth-order valence-corrected chi connectivity index (χ4v) is 2.75. The highest BCUT2D eigenvalue weighted by Crippen LogP contribution is 2.32. The molecule has 0 aliphatic carbocycles. The zero-order valence-electron chi connectivity index (χ0n) is 10.9. The van der Waals surface area contributed by atoms with Gasteiger partial charge in [-0.2, -0.15) is 0 Å². The van der Waals surface area contributed by atoms with Gasteiger partial charge < -0.3 is 26.2 Å². The molecule has 1 aliphatic rings. The molecule has 1 saturated heterocycles. The summed E-state index contributed by atoms with van der Waals surface area (Å²) in [4.78, 5) is 12.1. The second-order valence-electron chi connectivity index (χ2n) is 4.56. The molecule has 4 heteroatoms. The summed E-state index contributed by atoms with van der Waals surface area (Å²) < 4.78 is 6.06. The highest BCUT2D eigenvalue weighted by molar-refractivity contribution is 5.76. The zero-order valence-corrected chi connectivity index (χ0v) is 12.5. The van der Waals surface area contributed by atoms with Crippen molar-refractivity contribution in [1.29, 1.82) is 0 Å². The Balaban J connectivity index is 0.00000162. The topological polar surface area (TPSA) is 26.3 Å². The van der Waals surface area contributed by atoms with Gasteiger partial charge in [0, 0.05) is 5.56 Å². The summed E-state index contributed by atoms with van der Waals surface area (Å²) >= 11 is 0. The summed E-state index contributed by atoms with van der Waals surface area (Å²) in [5, 5.41) is 0. The lowest BCUT2D eigenvalue weighted by atomic mass is 10.0. The van der Waals surface area contributed by atoms with E-state index in [0.29, 0.717) is 6.61 Å². The third-order valence-electron chi connectivity index (χ3n) is 3.93. The molecule has 0 aromatic heterocycles. The first-order chi connectivity index (χ1) is 8.23. The van der Waals surface area contributed by atoms with Gasteiger partial charge in [-0.05, 0) is 13.8 Å². The molecular formula is C14H20BrNO2. The fraction of sp³-hybridized carbons (Fsp3) is 0.500. The van der Waals surface area contributed by atoms with E-state index in [1.165, 1.54) is 0 Å². The molecule has 1 aromatic rings. The van der Waals surface area contributed by atoms with Crippen molar-refractivity contribution in [3.8, 4) is 0 Å². The molecule has 0 amide bonds. The van der Waals surface area contributed by atoms with E-state index in [1.807, 2.05) is 30.3 Å². The van der Waals surface area contributed by atoms with Gasteiger partial charge in [0.2, 0.25) is 6.04 Å². The lowest BCUT2D eigenvalue weighted by Gasteiger charge is -2.44. The molecule has 1 aliphatic heterocycles. The van der Waals surface area contributed by atoms with Crippen LogP contribution in [0.15, 0.2) is 30.3 Å². The van der Waals surface area contributed by atoms with E-state index >= 15 is 0 Å². The van der Waals surface area contributed by atoms with Crippen LogP contribution in [0.2, 0.25) is 0 Å². The number of cyclic esters (lactones) is 1. The van der Waals surface area contributed by atoms with Crippen LogP contribution in [0.3, 0.4) is 0 Å². The lowest BCUT2D eigenvalue weighted by molar-refractivity contribution is -0.950. The van der Waals surface area contributed by atoms with Crippen LogP contribution in [0.25, 0.3) is 0 Å². The largest absolute Gasteiger partial charge is 1.00 e. The number of hydrogen-bond donors (Lipinski definition) is 0. The van der Waals surface area contributed by atoms with Crippen molar-refractivity contribution in [3.05, 3.63) is 35.9 Å². The number of rotatable bonds is 3. The van der Waals surface area contributed by atoms with Crippen molar-refractivity contribution in [2.45, 2.75) is 19.9 Å². The number of nitrogens with zero attached hydrogens (tertiary/aromatic N) is 1. The SMILES string of the molecule is CC[N+]1(CC)CCOC(=O)C1c1ccccc1.[Br-]. The molecule has 0 saturated carbocycles. The van der Waals surface area contributed by atoms with E-state index < -0.39 is 0 Å². The van der Waals surface area contributed by atoms with Crippen molar-refractivity contribution in [3.63, 3.8) is 0 Å². The van der Waals surface area contributed by atoms with E-state index in [9.17, 15) is 4.79 Å². The summed E-state index contributed by atoms with van der Waals surface area (Å²) in [5.41, 5.74) is 1.07. The van der Waals surface area contributed by atoms with Crippen molar-refractivity contribution in [1.82, 2.24) is 0 Å². The molecule has 0 spiro atoms. The maximum Gasteiger partial charge on any atom is 0.370 e. The summed E-state index contributed by atoms with van der Waals surface area (Å²) in [6.07, 6.45) is 0. The van der Waals surface area contributed by atoms with Gasteiger partial charge in [0.25, 0.3) is 0 Å². The summed E-state index contributed by atoms with van der Waals surface area (Å²) in [7, 11) is 0. The highest BCUT2D eigenvalue weighted by atomic mass is 79.9. The van der Waals surface area contributed by atoms with E-state index in [1.54, 1.807) is 0 Å². The van der Waals surface area contributed by atoms with Gasteiger partial charge in [-0.25, -0.2) is 4.79 Å². The summed E-state index contributed by atoms with van der Waals surface area (Å²) in [5.74, 6) is -0.0776. The molecule has 1 heterocycles. The predicted molar refractivity (Wildman–Crippen MR) is 66.4 cm³/mol. The van der Waals surface area contributed by atoms with Gasteiger partial charge >= 0.3 is 5.97 Å². The Morgan fingerprint density at radius 1 is 1.22 bits per heavy atom. The number of carbonyl (C=O) groups is 1. The third-order valence-corrected chi connectivity index (χ3v) is 3.93. The number of benzene rings is 1. The van der Waals surface area contributed by atoms with Crippen LogP contribution in [0.4, 0.5) is 0 Å². The third kappa shape index (κ3) is 2.59. The summed E-state index contributed by atoms with van der Waals surface area (Å²) in [6, 6.07) is 9.84. The number of morpholine rings is 1. The van der Waals surface area contributed by atoms with Crippen LogP contribution in [-0.4, -0.2) is 36.7 Å². The standard InChI is InChI=1S/C14H20NO2.BrH/c1-3-15(4-2)10-11-17-14(16)13(15)12-8-6-5-7-9-12;/h5-9,13H,3-4,10-11H2,1-2H3;1H/q+1;/p-1. The Morgan fingerprint density at radius 3 is 2.39 bits per heavy atom. The molecule has 18 heavy (non-hydrogen) atoms. The average molecular weight is 314 g/mol. The van der Waals surface area contributed by atoms with E-state index in [-0.39, 0.29) is 29.0 Å². The molecular weight excluding hydrogens is 294 g/mol.